The van der Waals surface area contributed by atoms with Crippen LogP contribution in [0.5, 0.6) is 0 Å². The van der Waals surface area contributed by atoms with Gasteiger partial charge in [-0.3, -0.25) is 4.79 Å². The zero-order chi connectivity index (χ0) is 23.8. The van der Waals surface area contributed by atoms with Crippen LogP contribution in [0.1, 0.15) is 71.1 Å². The van der Waals surface area contributed by atoms with Gasteiger partial charge < -0.3 is 36.4 Å². The molecule has 0 aromatic carbocycles. The van der Waals surface area contributed by atoms with Crippen LogP contribution >= 0.6 is 23.5 Å². The topological polar surface area (TPSA) is 170 Å². The number of carboxylic acid groups (broad SMARTS) is 3. The van der Waals surface area contributed by atoms with E-state index in [2.05, 4.69) is 6.92 Å². The maximum Gasteiger partial charge on any atom is 1.00 e. The van der Waals surface area contributed by atoms with Crippen LogP contribution in [0.25, 0.3) is 0 Å². The number of rotatable bonds is 16. The first-order chi connectivity index (χ1) is 14.1. The summed E-state index contributed by atoms with van der Waals surface area (Å²) in [5.41, 5.74) is 10.3. The van der Waals surface area contributed by atoms with Gasteiger partial charge in [-0.2, -0.15) is 23.5 Å². The molecule has 2 atom stereocenters. The predicted octanol–water partition coefficient (Wildman–Crippen LogP) is -5.15. The Kier molecular flexibility index (Phi) is 46.1. The molecular weight excluding hydrogens is 474 g/mol. The third-order valence-corrected chi connectivity index (χ3v) is 5.15. The smallest absolute Gasteiger partial charge is 0.548 e. The minimum absolute atomic E-state index is 0. The van der Waals surface area contributed by atoms with Gasteiger partial charge in [0.05, 0.1) is 11.9 Å². The number of hydrogen-bond donors (Lipinski definition) is 3. The summed E-state index contributed by atoms with van der Waals surface area (Å²) in [4.78, 5) is 30.1. The van der Waals surface area contributed by atoms with Crippen molar-refractivity contribution in [3.05, 3.63) is 0 Å². The monoisotopic (exact) mass is 514 g/mol. The van der Waals surface area contributed by atoms with E-state index < -0.39 is 30.0 Å². The summed E-state index contributed by atoms with van der Waals surface area (Å²) in [6.07, 6.45) is 13.4. The van der Waals surface area contributed by atoms with Crippen LogP contribution in [0.3, 0.4) is 0 Å². The molecule has 0 heterocycles. The van der Waals surface area contributed by atoms with Gasteiger partial charge >= 0.3 is 65.1 Å². The largest absolute Gasteiger partial charge is 1.00 e. The van der Waals surface area contributed by atoms with E-state index in [4.69, 9.17) is 16.6 Å². The molecule has 8 nitrogen and oxygen atoms in total. The Hall–Kier alpha value is 1.03. The van der Waals surface area contributed by atoms with E-state index in [-0.39, 0.29) is 59.1 Å². The Morgan fingerprint density at radius 1 is 0.781 bits per heavy atom. The van der Waals surface area contributed by atoms with Crippen molar-refractivity contribution in [2.75, 3.05) is 24.0 Å². The third-order valence-electron chi connectivity index (χ3n) is 3.87. The molecule has 0 saturated carbocycles. The number of unbranched alkanes of at least 4 members (excludes halogenated alkanes) is 6. The van der Waals surface area contributed by atoms with Crippen LogP contribution in [-0.2, 0) is 14.4 Å². The van der Waals surface area contributed by atoms with E-state index in [9.17, 15) is 24.6 Å². The number of carbonyl (C=O) groups is 3. The van der Waals surface area contributed by atoms with E-state index in [1.165, 1.54) is 32.1 Å². The van der Waals surface area contributed by atoms with E-state index in [0.717, 1.165) is 24.3 Å². The molecule has 0 fully saturated rings. The molecule has 0 aliphatic heterocycles. The SMILES string of the molecule is CCCCCCCCCC(=O)O.CSCC[C@H](N)C(=O)[O-].CSCC[C@H](N)C(=O)[O-].[Na+].[Na+]. The second kappa shape index (κ2) is 34.2. The fraction of sp³-hybridized carbons (Fsp3) is 0.850. The Labute approximate surface area is 246 Å². The maximum absolute atomic E-state index is 10.1. The molecule has 0 radical (unpaired) electrons. The molecule has 0 spiro atoms. The van der Waals surface area contributed by atoms with Gasteiger partial charge in [-0.25, -0.2) is 0 Å². The average Bonchev–Trinajstić information content (AvgIpc) is 2.70. The fourth-order valence-electron chi connectivity index (χ4n) is 1.96. The molecule has 0 saturated heterocycles. The molecular formula is C20H40N2Na2O6S2. The summed E-state index contributed by atoms with van der Waals surface area (Å²) in [5.74, 6) is -1.44. The second-order valence-corrected chi connectivity index (χ2v) is 8.65. The van der Waals surface area contributed by atoms with Crippen molar-refractivity contribution < 1.29 is 88.8 Å². The van der Waals surface area contributed by atoms with E-state index in [0.29, 0.717) is 19.3 Å². The molecule has 0 aromatic heterocycles. The molecule has 0 aliphatic carbocycles. The van der Waals surface area contributed by atoms with Gasteiger partial charge in [0.15, 0.2) is 0 Å². The van der Waals surface area contributed by atoms with Crippen molar-refractivity contribution in [1.82, 2.24) is 0 Å². The van der Waals surface area contributed by atoms with Crippen LogP contribution < -0.4 is 80.8 Å². The van der Waals surface area contributed by atoms with Crippen molar-refractivity contribution in [1.29, 1.82) is 0 Å². The quantitative estimate of drug-likeness (QED) is 0.134. The molecule has 32 heavy (non-hydrogen) atoms. The summed E-state index contributed by atoms with van der Waals surface area (Å²) >= 11 is 3.15. The second-order valence-electron chi connectivity index (χ2n) is 6.68. The third kappa shape index (κ3) is 41.3. The van der Waals surface area contributed by atoms with Crippen molar-refractivity contribution >= 4 is 41.4 Å². The van der Waals surface area contributed by atoms with Crippen molar-refractivity contribution in [2.45, 2.75) is 83.2 Å². The molecule has 180 valence electrons. The maximum atomic E-state index is 10.1. The number of aliphatic carboxylic acids is 3. The van der Waals surface area contributed by atoms with Gasteiger partial charge in [-0.05, 0) is 43.3 Å². The normalized spacial score (nSPS) is 11.2. The zero-order valence-corrected chi connectivity index (χ0v) is 26.2. The van der Waals surface area contributed by atoms with E-state index >= 15 is 0 Å². The van der Waals surface area contributed by atoms with E-state index in [1.54, 1.807) is 23.5 Å². The van der Waals surface area contributed by atoms with Crippen LogP contribution in [-0.4, -0.2) is 59.1 Å². The van der Waals surface area contributed by atoms with Gasteiger partial charge in [0, 0.05) is 18.5 Å². The molecule has 0 aromatic rings. The number of carboxylic acids is 3. The molecule has 0 rings (SSSR count). The Balaban J connectivity index is -0.000000112. The summed E-state index contributed by atoms with van der Waals surface area (Å²) < 4.78 is 0. The van der Waals surface area contributed by atoms with Crippen LogP contribution in [0.4, 0.5) is 0 Å². The minimum Gasteiger partial charge on any atom is -0.548 e. The molecule has 0 aliphatic rings. The van der Waals surface area contributed by atoms with Gasteiger partial charge in [-0.15, -0.1) is 0 Å². The number of thioether (sulfide) groups is 2. The van der Waals surface area contributed by atoms with Crippen molar-refractivity contribution in [2.24, 2.45) is 11.5 Å². The van der Waals surface area contributed by atoms with Crippen LogP contribution in [0.2, 0.25) is 0 Å². The number of hydrogen-bond acceptors (Lipinski definition) is 9. The van der Waals surface area contributed by atoms with E-state index in [1.807, 2.05) is 12.5 Å². The number of nitrogens with two attached hydrogens (primary N) is 2. The Morgan fingerprint density at radius 3 is 1.41 bits per heavy atom. The fourth-order valence-corrected chi connectivity index (χ4v) is 2.94. The van der Waals surface area contributed by atoms with Crippen molar-refractivity contribution in [3.63, 3.8) is 0 Å². The molecule has 5 N–H and O–H groups in total. The standard InChI is InChI=1S/C10H20O2.2C5H11NO2S.2Na/c1-2-3-4-5-6-7-8-9-10(11)12;2*1-9-3-2-4(6)5(7)8;;/h2-9H2,1H3,(H,11,12);2*4H,2-3,6H2,1H3,(H,7,8);;/q;;;2*+1/p-2/t;2*4-;;/m.00../s1. The van der Waals surface area contributed by atoms with Gasteiger partial charge in [0.2, 0.25) is 0 Å². The predicted molar refractivity (Wildman–Crippen MR) is 122 cm³/mol. The Bertz CT molecular complexity index is 415. The van der Waals surface area contributed by atoms with Gasteiger partial charge in [0.1, 0.15) is 0 Å². The minimum atomic E-state index is -1.16. The summed E-state index contributed by atoms with van der Waals surface area (Å²) in [7, 11) is 0. The van der Waals surface area contributed by atoms with Crippen LogP contribution in [0.15, 0.2) is 0 Å². The van der Waals surface area contributed by atoms with Gasteiger partial charge in [0.25, 0.3) is 0 Å². The molecule has 0 amide bonds. The summed E-state index contributed by atoms with van der Waals surface area (Å²) in [6.45, 7) is 2.20. The average molecular weight is 515 g/mol. The summed E-state index contributed by atoms with van der Waals surface area (Å²) in [6, 6.07) is -1.59. The number of carbonyl (C=O) groups excluding carboxylic acids is 2. The van der Waals surface area contributed by atoms with Crippen LogP contribution in [0, 0.1) is 0 Å². The molecule has 0 bridgehead atoms. The molecule has 0 unspecified atom stereocenters. The first-order valence-corrected chi connectivity index (χ1v) is 13.0. The summed E-state index contributed by atoms with van der Waals surface area (Å²) in [5, 5.41) is 28.3. The first kappa shape index (κ1) is 43.1. The first-order valence-electron chi connectivity index (χ1n) is 10.3. The van der Waals surface area contributed by atoms with Crippen molar-refractivity contribution in [3.8, 4) is 0 Å². The zero-order valence-electron chi connectivity index (χ0n) is 20.6. The van der Waals surface area contributed by atoms with Gasteiger partial charge in [-0.1, -0.05) is 45.4 Å². The Morgan fingerprint density at radius 2 is 1.12 bits per heavy atom. The molecule has 12 heteroatoms.